The number of alkyl halides is 1. The molecule has 6 heteroatoms. The van der Waals surface area contributed by atoms with Crippen LogP contribution in [-0.2, 0) is 16.0 Å². The van der Waals surface area contributed by atoms with Crippen molar-refractivity contribution < 1.29 is 13.9 Å². The summed E-state index contributed by atoms with van der Waals surface area (Å²) in [6.07, 6.45) is 4.22. The maximum absolute atomic E-state index is 15.5. The highest BCUT2D eigenvalue weighted by molar-refractivity contribution is 6.38. The molecule has 0 saturated carbocycles. The molecule has 5 rings (SSSR count). The third-order valence-corrected chi connectivity index (χ3v) is 7.08. The van der Waals surface area contributed by atoms with Crippen molar-refractivity contribution in [1.29, 1.82) is 0 Å². The van der Waals surface area contributed by atoms with Gasteiger partial charge in [0.1, 0.15) is 11.8 Å². The van der Waals surface area contributed by atoms with Crippen molar-refractivity contribution in [2.24, 2.45) is 0 Å². The number of carbonyl (C=O) groups is 1. The Labute approximate surface area is 192 Å². The molecule has 1 unspecified atom stereocenters. The maximum Gasteiger partial charge on any atom is 0.251 e. The van der Waals surface area contributed by atoms with Gasteiger partial charge in [-0.25, -0.2) is 4.39 Å². The van der Waals surface area contributed by atoms with E-state index in [1.165, 1.54) is 0 Å². The smallest absolute Gasteiger partial charge is 0.251 e. The highest BCUT2D eigenvalue weighted by atomic mass is 35.5. The molecule has 166 valence electrons. The summed E-state index contributed by atoms with van der Waals surface area (Å²) in [7, 11) is 0. The Hall–Kier alpha value is -2.50. The summed E-state index contributed by atoms with van der Waals surface area (Å²) in [5.41, 5.74) is 2.34. The van der Waals surface area contributed by atoms with E-state index < -0.39 is 5.67 Å². The quantitative estimate of drug-likeness (QED) is 0.517. The van der Waals surface area contributed by atoms with E-state index in [2.05, 4.69) is 4.98 Å². The topological polar surface area (TPSA) is 42.4 Å². The van der Waals surface area contributed by atoms with Gasteiger partial charge < -0.3 is 9.64 Å². The van der Waals surface area contributed by atoms with Gasteiger partial charge in [0.2, 0.25) is 0 Å². The molecule has 1 atom stereocenters. The SMILES string of the molecule is O=C(C1CCCO1)N1CCC(F)(Cc2ccc(-c3cnc4ccccc4c3Cl)cc2)CC1. The van der Waals surface area contributed by atoms with Crippen LogP contribution in [0.1, 0.15) is 31.2 Å². The second kappa shape index (κ2) is 8.80. The highest BCUT2D eigenvalue weighted by Gasteiger charge is 2.38. The number of aromatic nitrogens is 1. The van der Waals surface area contributed by atoms with Crippen LogP contribution in [0, 0.1) is 0 Å². The number of benzene rings is 2. The van der Waals surface area contributed by atoms with Gasteiger partial charge in [0.25, 0.3) is 5.91 Å². The summed E-state index contributed by atoms with van der Waals surface area (Å²) in [4.78, 5) is 18.8. The molecule has 4 nitrogen and oxygen atoms in total. The number of piperidine rings is 1. The molecule has 3 aromatic rings. The van der Waals surface area contributed by atoms with Crippen molar-refractivity contribution in [3.8, 4) is 11.1 Å². The van der Waals surface area contributed by atoms with E-state index in [1.54, 1.807) is 11.1 Å². The van der Waals surface area contributed by atoms with Crippen LogP contribution in [0.3, 0.4) is 0 Å². The van der Waals surface area contributed by atoms with Gasteiger partial charge in [-0.3, -0.25) is 9.78 Å². The number of carbonyl (C=O) groups excluding carboxylic acids is 1. The zero-order valence-electron chi connectivity index (χ0n) is 17.9. The summed E-state index contributed by atoms with van der Waals surface area (Å²) in [6.45, 7) is 1.55. The molecule has 2 aliphatic heterocycles. The third-order valence-electron chi connectivity index (χ3n) is 6.67. The molecule has 0 N–H and O–H groups in total. The van der Waals surface area contributed by atoms with Crippen LogP contribution in [-0.4, -0.2) is 47.3 Å². The van der Waals surface area contributed by atoms with Gasteiger partial charge in [0.15, 0.2) is 0 Å². The minimum absolute atomic E-state index is 0.0229. The third kappa shape index (κ3) is 4.24. The molecule has 0 bridgehead atoms. The summed E-state index contributed by atoms with van der Waals surface area (Å²) >= 11 is 6.64. The summed E-state index contributed by atoms with van der Waals surface area (Å²) < 4.78 is 21.0. The standard InChI is InChI=1S/C26H26ClFN2O2/c27-24-20-4-1-2-5-22(20)29-17-21(24)19-9-7-18(8-10-19)16-26(28)11-13-30(14-12-26)25(31)23-6-3-15-32-23/h1-2,4-5,7-10,17,23H,3,6,11-16H2. The first-order chi connectivity index (χ1) is 15.5. The first kappa shape index (κ1) is 21.4. The molecule has 2 aliphatic rings. The molecule has 2 saturated heterocycles. The van der Waals surface area contributed by atoms with E-state index >= 15 is 4.39 Å². The molecule has 1 aromatic heterocycles. The minimum Gasteiger partial charge on any atom is -0.368 e. The highest BCUT2D eigenvalue weighted by Crippen LogP contribution is 2.35. The summed E-state index contributed by atoms with van der Waals surface area (Å²) in [5, 5.41) is 1.59. The van der Waals surface area contributed by atoms with Crippen molar-refractivity contribution in [1.82, 2.24) is 9.88 Å². The minimum atomic E-state index is -1.29. The van der Waals surface area contributed by atoms with Crippen LogP contribution in [0.4, 0.5) is 4.39 Å². The van der Waals surface area contributed by atoms with E-state index in [-0.39, 0.29) is 12.0 Å². The number of pyridine rings is 1. The number of halogens is 2. The maximum atomic E-state index is 15.5. The summed E-state index contributed by atoms with van der Waals surface area (Å²) in [5.74, 6) is 0.0229. The molecule has 0 radical (unpaired) electrons. The number of hydrogen-bond donors (Lipinski definition) is 0. The first-order valence-corrected chi connectivity index (χ1v) is 11.6. The van der Waals surface area contributed by atoms with Gasteiger partial charge in [-0.1, -0.05) is 54.1 Å². The van der Waals surface area contributed by atoms with Crippen LogP contribution in [0.5, 0.6) is 0 Å². The second-order valence-corrected chi connectivity index (χ2v) is 9.23. The van der Waals surface area contributed by atoms with E-state index in [0.717, 1.165) is 40.4 Å². The number of ether oxygens (including phenoxy) is 1. The average Bonchev–Trinajstić information content (AvgIpc) is 3.35. The molecule has 3 heterocycles. The molecule has 32 heavy (non-hydrogen) atoms. The number of likely N-dealkylation sites (tertiary alicyclic amines) is 1. The molecule has 0 spiro atoms. The normalized spacial score (nSPS) is 20.6. The zero-order chi connectivity index (χ0) is 22.1. The Morgan fingerprint density at radius 3 is 2.62 bits per heavy atom. The van der Waals surface area contributed by atoms with E-state index in [1.807, 2.05) is 48.5 Å². The molecule has 2 aromatic carbocycles. The van der Waals surface area contributed by atoms with Gasteiger partial charge in [-0.15, -0.1) is 0 Å². The van der Waals surface area contributed by atoms with Crippen molar-refractivity contribution >= 4 is 28.4 Å². The second-order valence-electron chi connectivity index (χ2n) is 8.85. The molecule has 0 aliphatic carbocycles. The molecule has 1 amide bonds. The van der Waals surface area contributed by atoms with Crippen LogP contribution < -0.4 is 0 Å². The fourth-order valence-electron chi connectivity index (χ4n) is 4.76. The average molecular weight is 453 g/mol. The van der Waals surface area contributed by atoms with Crippen molar-refractivity contribution in [3.63, 3.8) is 0 Å². The predicted octanol–water partition coefficient (Wildman–Crippen LogP) is 5.61. The van der Waals surface area contributed by atoms with Gasteiger partial charge in [-0.2, -0.15) is 0 Å². The van der Waals surface area contributed by atoms with Crippen LogP contribution in [0.2, 0.25) is 5.02 Å². The van der Waals surface area contributed by atoms with Crippen LogP contribution in [0.25, 0.3) is 22.0 Å². The number of hydrogen-bond acceptors (Lipinski definition) is 3. The predicted molar refractivity (Wildman–Crippen MR) is 125 cm³/mol. The Morgan fingerprint density at radius 1 is 1.16 bits per heavy atom. The van der Waals surface area contributed by atoms with Crippen molar-refractivity contribution in [2.75, 3.05) is 19.7 Å². The van der Waals surface area contributed by atoms with E-state index in [4.69, 9.17) is 16.3 Å². The Morgan fingerprint density at radius 2 is 1.91 bits per heavy atom. The van der Waals surface area contributed by atoms with Gasteiger partial charge in [0.05, 0.1) is 10.5 Å². The number of nitrogens with zero attached hydrogens (tertiary/aromatic N) is 2. The van der Waals surface area contributed by atoms with Crippen LogP contribution in [0.15, 0.2) is 54.7 Å². The molecular formula is C26H26ClFN2O2. The number of fused-ring (bicyclic) bond motifs is 1. The monoisotopic (exact) mass is 452 g/mol. The Bertz CT molecular complexity index is 1120. The summed E-state index contributed by atoms with van der Waals surface area (Å²) in [6, 6.07) is 15.7. The van der Waals surface area contributed by atoms with Gasteiger partial charge >= 0.3 is 0 Å². The fourth-order valence-corrected chi connectivity index (χ4v) is 5.08. The Kier molecular flexibility index (Phi) is 5.87. The van der Waals surface area contributed by atoms with Gasteiger partial charge in [-0.05, 0) is 42.9 Å². The largest absolute Gasteiger partial charge is 0.368 e. The zero-order valence-corrected chi connectivity index (χ0v) is 18.7. The van der Waals surface area contributed by atoms with Crippen molar-refractivity contribution in [2.45, 2.75) is 43.9 Å². The lowest BCUT2D eigenvalue weighted by molar-refractivity contribution is -0.143. The fraction of sp³-hybridized carbons (Fsp3) is 0.385. The number of amides is 1. The molecule has 2 fully saturated rings. The van der Waals surface area contributed by atoms with Gasteiger partial charge in [0, 0.05) is 43.3 Å². The Balaban J connectivity index is 1.25. The first-order valence-electron chi connectivity index (χ1n) is 11.2. The number of para-hydroxylation sites is 1. The lowest BCUT2D eigenvalue weighted by Crippen LogP contribution is -2.48. The van der Waals surface area contributed by atoms with Crippen LogP contribution >= 0.6 is 11.6 Å². The van der Waals surface area contributed by atoms with Crippen molar-refractivity contribution in [3.05, 3.63) is 65.3 Å². The molecular weight excluding hydrogens is 427 g/mol. The van der Waals surface area contributed by atoms with E-state index in [9.17, 15) is 4.79 Å². The number of rotatable bonds is 4. The lowest BCUT2D eigenvalue weighted by atomic mass is 9.86. The van der Waals surface area contributed by atoms with E-state index in [0.29, 0.717) is 44.0 Å². The lowest BCUT2D eigenvalue weighted by Gasteiger charge is -2.37.